The summed E-state index contributed by atoms with van der Waals surface area (Å²) in [6, 6.07) is 6.05. The van der Waals surface area contributed by atoms with Crippen LogP contribution in [0.25, 0.3) is 0 Å². The molecule has 5 heteroatoms. The highest BCUT2D eigenvalue weighted by Gasteiger charge is 2.20. The first-order valence-corrected chi connectivity index (χ1v) is 7.96. The minimum atomic E-state index is 0.573. The predicted octanol–water partition coefficient (Wildman–Crippen LogP) is 2.73. The van der Waals surface area contributed by atoms with Gasteiger partial charge in [0.1, 0.15) is 5.69 Å². The SMILES string of the molecule is CC1CCN(c2cc(N3CCNCC3)ccc2N=O)CC1. The molecule has 2 saturated heterocycles. The van der Waals surface area contributed by atoms with Crippen LogP contribution in [0.5, 0.6) is 0 Å². The lowest BCUT2D eigenvalue weighted by Crippen LogP contribution is -2.43. The average Bonchev–Trinajstić information content (AvgIpc) is 2.56. The standard InChI is InChI=1S/C16H24N4O/c1-13-4-8-20(9-5-13)16-12-14(2-3-15(16)18-21)19-10-6-17-7-11-19/h2-3,12-13,17H,4-11H2,1H3. The molecule has 1 N–H and O–H groups in total. The van der Waals surface area contributed by atoms with Gasteiger partial charge in [-0.2, -0.15) is 0 Å². The van der Waals surface area contributed by atoms with Gasteiger partial charge in [-0.15, -0.1) is 4.91 Å². The summed E-state index contributed by atoms with van der Waals surface area (Å²) < 4.78 is 0. The second kappa shape index (κ2) is 6.43. The molecule has 0 atom stereocenters. The molecule has 21 heavy (non-hydrogen) atoms. The molecule has 0 aliphatic carbocycles. The summed E-state index contributed by atoms with van der Waals surface area (Å²) in [6.07, 6.45) is 2.38. The molecule has 0 unspecified atom stereocenters. The Kier molecular flexibility index (Phi) is 4.39. The van der Waals surface area contributed by atoms with Crippen molar-refractivity contribution in [2.24, 2.45) is 11.1 Å². The van der Waals surface area contributed by atoms with E-state index in [9.17, 15) is 4.91 Å². The van der Waals surface area contributed by atoms with Crippen LogP contribution in [0.3, 0.4) is 0 Å². The molecule has 0 spiro atoms. The summed E-state index contributed by atoms with van der Waals surface area (Å²) in [4.78, 5) is 15.8. The number of nitroso groups, excluding NO2 is 1. The zero-order valence-corrected chi connectivity index (χ0v) is 12.7. The Labute approximate surface area is 126 Å². The molecular weight excluding hydrogens is 264 g/mol. The number of piperazine rings is 1. The van der Waals surface area contributed by atoms with E-state index in [0.29, 0.717) is 5.69 Å². The monoisotopic (exact) mass is 288 g/mol. The van der Waals surface area contributed by atoms with E-state index in [-0.39, 0.29) is 0 Å². The van der Waals surface area contributed by atoms with Crippen LogP contribution in [0, 0.1) is 10.8 Å². The number of benzene rings is 1. The fraction of sp³-hybridized carbons (Fsp3) is 0.625. The third kappa shape index (κ3) is 3.18. The molecule has 1 aromatic carbocycles. The Morgan fingerprint density at radius 2 is 1.81 bits per heavy atom. The third-order valence-corrected chi connectivity index (χ3v) is 4.66. The van der Waals surface area contributed by atoms with Crippen molar-refractivity contribution in [3.05, 3.63) is 23.1 Å². The van der Waals surface area contributed by atoms with Gasteiger partial charge in [0, 0.05) is 45.0 Å². The van der Waals surface area contributed by atoms with Gasteiger partial charge in [0.25, 0.3) is 0 Å². The van der Waals surface area contributed by atoms with Gasteiger partial charge in [-0.1, -0.05) is 6.92 Å². The van der Waals surface area contributed by atoms with Crippen LogP contribution in [-0.2, 0) is 0 Å². The van der Waals surface area contributed by atoms with Crippen LogP contribution in [-0.4, -0.2) is 39.3 Å². The van der Waals surface area contributed by atoms with Crippen LogP contribution in [0.4, 0.5) is 17.1 Å². The number of nitrogens with one attached hydrogen (secondary N) is 1. The summed E-state index contributed by atoms with van der Waals surface area (Å²) in [7, 11) is 0. The van der Waals surface area contributed by atoms with Crippen molar-refractivity contribution in [1.82, 2.24) is 5.32 Å². The highest BCUT2D eigenvalue weighted by molar-refractivity contribution is 5.73. The maximum Gasteiger partial charge on any atom is 0.131 e. The Hall–Kier alpha value is -1.62. The Morgan fingerprint density at radius 3 is 2.48 bits per heavy atom. The van der Waals surface area contributed by atoms with Crippen molar-refractivity contribution >= 4 is 17.1 Å². The molecule has 2 heterocycles. The highest BCUT2D eigenvalue weighted by atomic mass is 16.3. The molecule has 5 nitrogen and oxygen atoms in total. The van der Waals surface area contributed by atoms with Crippen molar-refractivity contribution in [2.45, 2.75) is 19.8 Å². The summed E-state index contributed by atoms with van der Waals surface area (Å²) in [5, 5.41) is 6.60. The van der Waals surface area contributed by atoms with Crippen LogP contribution in [0.2, 0.25) is 0 Å². The summed E-state index contributed by atoms with van der Waals surface area (Å²) in [5.74, 6) is 0.783. The molecule has 1 aromatic rings. The topological polar surface area (TPSA) is 47.9 Å². The molecule has 0 aromatic heterocycles. The Balaban J connectivity index is 1.84. The van der Waals surface area contributed by atoms with Gasteiger partial charge in [0.05, 0.1) is 5.69 Å². The van der Waals surface area contributed by atoms with Crippen molar-refractivity contribution in [3.63, 3.8) is 0 Å². The quantitative estimate of drug-likeness (QED) is 0.869. The predicted molar refractivity (Wildman–Crippen MR) is 87.6 cm³/mol. The van der Waals surface area contributed by atoms with Gasteiger partial charge < -0.3 is 15.1 Å². The lowest BCUT2D eigenvalue weighted by Gasteiger charge is -2.34. The number of hydrogen-bond donors (Lipinski definition) is 1. The Bertz CT molecular complexity index is 491. The van der Waals surface area contributed by atoms with Crippen LogP contribution >= 0.6 is 0 Å². The van der Waals surface area contributed by atoms with Gasteiger partial charge in [-0.3, -0.25) is 0 Å². The first-order chi connectivity index (χ1) is 10.3. The van der Waals surface area contributed by atoms with Crippen LogP contribution < -0.4 is 15.1 Å². The second-order valence-corrected chi connectivity index (χ2v) is 6.17. The van der Waals surface area contributed by atoms with E-state index >= 15 is 0 Å². The van der Waals surface area contributed by atoms with Gasteiger partial charge in [-0.25, -0.2) is 0 Å². The summed E-state index contributed by atoms with van der Waals surface area (Å²) in [5.41, 5.74) is 2.79. The summed E-state index contributed by atoms with van der Waals surface area (Å²) in [6.45, 7) is 8.42. The van der Waals surface area contributed by atoms with Crippen molar-refractivity contribution in [2.75, 3.05) is 49.1 Å². The number of rotatable bonds is 3. The maximum atomic E-state index is 11.1. The van der Waals surface area contributed by atoms with E-state index in [4.69, 9.17) is 0 Å². The van der Waals surface area contributed by atoms with E-state index in [1.165, 1.54) is 18.5 Å². The molecule has 114 valence electrons. The van der Waals surface area contributed by atoms with Gasteiger partial charge in [0.15, 0.2) is 0 Å². The van der Waals surface area contributed by atoms with Crippen LogP contribution in [0.15, 0.2) is 23.4 Å². The van der Waals surface area contributed by atoms with Crippen molar-refractivity contribution in [3.8, 4) is 0 Å². The normalized spacial score (nSPS) is 20.6. The zero-order chi connectivity index (χ0) is 14.7. The number of hydrogen-bond acceptors (Lipinski definition) is 5. The minimum Gasteiger partial charge on any atom is -0.370 e. The number of piperidine rings is 1. The number of nitrogens with zero attached hydrogens (tertiary/aromatic N) is 3. The first kappa shape index (κ1) is 14.3. The smallest absolute Gasteiger partial charge is 0.131 e. The molecule has 0 amide bonds. The molecule has 2 fully saturated rings. The van der Waals surface area contributed by atoms with Gasteiger partial charge in [0.2, 0.25) is 0 Å². The van der Waals surface area contributed by atoms with E-state index in [1.807, 2.05) is 12.1 Å². The second-order valence-electron chi connectivity index (χ2n) is 6.17. The molecule has 2 aliphatic rings. The molecule has 0 bridgehead atoms. The third-order valence-electron chi connectivity index (χ3n) is 4.66. The number of anilines is 2. The largest absolute Gasteiger partial charge is 0.370 e. The summed E-state index contributed by atoms with van der Waals surface area (Å²) >= 11 is 0. The maximum absolute atomic E-state index is 11.1. The molecule has 0 radical (unpaired) electrons. The van der Waals surface area contributed by atoms with Crippen molar-refractivity contribution in [1.29, 1.82) is 0 Å². The molecular formula is C16H24N4O. The van der Waals surface area contributed by atoms with Crippen molar-refractivity contribution < 1.29 is 0 Å². The zero-order valence-electron chi connectivity index (χ0n) is 12.7. The fourth-order valence-corrected chi connectivity index (χ4v) is 3.21. The van der Waals surface area contributed by atoms with Gasteiger partial charge in [-0.05, 0) is 42.1 Å². The highest BCUT2D eigenvalue weighted by Crippen LogP contribution is 2.35. The van der Waals surface area contributed by atoms with E-state index in [1.54, 1.807) is 0 Å². The molecule has 0 saturated carbocycles. The molecule has 2 aliphatic heterocycles. The Morgan fingerprint density at radius 1 is 1.10 bits per heavy atom. The first-order valence-electron chi connectivity index (χ1n) is 7.96. The lowest BCUT2D eigenvalue weighted by atomic mass is 9.98. The van der Waals surface area contributed by atoms with E-state index in [0.717, 1.165) is 50.9 Å². The van der Waals surface area contributed by atoms with Crippen LogP contribution in [0.1, 0.15) is 19.8 Å². The minimum absolute atomic E-state index is 0.573. The average molecular weight is 288 g/mol. The van der Waals surface area contributed by atoms with Gasteiger partial charge >= 0.3 is 0 Å². The van der Waals surface area contributed by atoms with E-state index < -0.39 is 0 Å². The lowest BCUT2D eigenvalue weighted by molar-refractivity contribution is 0.438. The van der Waals surface area contributed by atoms with E-state index in [2.05, 4.69) is 33.3 Å². The fourth-order valence-electron chi connectivity index (χ4n) is 3.21. The molecule has 3 rings (SSSR count).